The second kappa shape index (κ2) is 8.10. The van der Waals surface area contributed by atoms with Crippen LogP contribution in [0, 0.1) is 13.8 Å². The van der Waals surface area contributed by atoms with Crippen LogP contribution < -0.4 is 4.74 Å². The average Bonchev–Trinajstić information content (AvgIpc) is 3.36. The van der Waals surface area contributed by atoms with E-state index in [0.717, 1.165) is 44.9 Å². The van der Waals surface area contributed by atoms with Gasteiger partial charge in [-0.15, -0.1) is 5.10 Å². The number of aryl methyl sites for hydroxylation is 1. The first-order valence-corrected chi connectivity index (χ1v) is 10.1. The van der Waals surface area contributed by atoms with Gasteiger partial charge < -0.3 is 9.57 Å². The van der Waals surface area contributed by atoms with Crippen LogP contribution in [0.1, 0.15) is 22.6 Å². The molecular weight excluding hydrogens is 406 g/mol. The van der Waals surface area contributed by atoms with Crippen LogP contribution in [0.2, 0.25) is 0 Å². The van der Waals surface area contributed by atoms with E-state index >= 15 is 0 Å². The second-order valence-corrected chi connectivity index (χ2v) is 7.28. The number of fused-ring (bicyclic) bond motifs is 3. The van der Waals surface area contributed by atoms with Gasteiger partial charge in [0.2, 0.25) is 0 Å². The molecule has 0 unspecified atom stereocenters. The molecule has 0 amide bonds. The van der Waals surface area contributed by atoms with Crippen LogP contribution in [0.25, 0.3) is 22.4 Å². The Balaban J connectivity index is 1.42. The molecule has 0 saturated carbocycles. The van der Waals surface area contributed by atoms with Crippen LogP contribution in [0.3, 0.4) is 0 Å². The maximum Gasteiger partial charge on any atom is 0.192 e. The number of methoxy groups -OCH3 is 1. The van der Waals surface area contributed by atoms with E-state index in [1.54, 1.807) is 30.4 Å². The van der Waals surface area contributed by atoms with Gasteiger partial charge in [0.05, 0.1) is 30.6 Å². The Morgan fingerprint density at radius 1 is 1.09 bits per heavy atom. The van der Waals surface area contributed by atoms with Crippen LogP contribution in [-0.4, -0.2) is 42.5 Å². The van der Waals surface area contributed by atoms with E-state index in [9.17, 15) is 0 Å². The summed E-state index contributed by atoms with van der Waals surface area (Å²) in [6.07, 6.45) is 6.88. The molecule has 5 rings (SSSR count). The quantitative estimate of drug-likeness (QED) is 0.303. The molecule has 160 valence electrons. The van der Waals surface area contributed by atoms with Crippen LogP contribution >= 0.6 is 0 Å². The smallest absolute Gasteiger partial charge is 0.192 e. The minimum absolute atomic E-state index is 0.150. The van der Waals surface area contributed by atoms with Crippen molar-refractivity contribution in [3.8, 4) is 11.4 Å². The van der Waals surface area contributed by atoms with E-state index in [1.165, 1.54) is 0 Å². The zero-order valence-corrected chi connectivity index (χ0v) is 17.9. The van der Waals surface area contributed by atoms with Crippen molar-refractivity contribution >= 4 is 22.9 Å². The van der Waals surface area contributed by atoms with Gasteiger partial charge in [-0.2, -0.15) is 0 Å². The summed E-state index contributed by atoms with van der Waals surface area (Å²) in [5.74, 6) is 1.32. The van der Waals surface area contributed by atoms with E-state index in [4.69, 9.17) is 9.57 Å². The summed E-state index contributed by atoms with van der Waals surface area (Å²) >= 11 is 0. The highest BCUT2D eigenvalue weighted by atomic mass is 16.6. The summed E-state index contributed by atoms with van der Waals surface area (Å²) in [5.41, 5.74) is 5.59. The van der Waals surface area contributed by atoms with E-state index in [2.05, 4.69) is 43.6 Å². The maximum atomic E-state index is 5.42. The van der Waals surface area contributed by atoms with Crippen molar-refractivity contribution in [1.29, 1.82) is 0 Å². The van der Waals surface area contributed by atoms with Gasteiger partial charge in [0.1, 0.15) is 12.1 Å². The largest absolute Gasteiger partial charge is 0.497 e. The van der Waals surface area contributed by atoms with E-state index in [1.807, 2.05) is 42.6 Å². The Morgan fingerprint density at radius 2 is 1.94 bits per heavy atom. The predicted molar refractivity (Wildman–Crippen MR) is 120 cm³/mol. The Kier molecular flexibility index (Phi) is 4.98. The van der Waals surface area contributed by atoms with Gasteiger partial charge in [-0.1, -0.05) is 5.16 Å². The molecule has 0 bridgehead atoms. The third-order valence-corrected chi connectivity index (χ3v) is 5.37. The first-order chi connectivity index (χ1) is 15.7. The van der Waals surface area contributed by atoms with Gasteiger partial charge in [0.15, 0.2) is 23.7 Å². The first-order valence-electron chi connectivity index (χ1n) is 10.1. The molecule has 0 spiro atoms. The Bertz CT molecular complexity index is 1420. The highest BCUT2D eigenvalue weighted by molar-refractivity contribution is 5.94. The number of hydrogen-bond donors (Lipinski definition) is 0. The summed E-state index contributed by atoms with van der Waals surface area (Å²) in [6.45, 7) is 4.28. The molecule has 32 heavy (non-hydrogen) atoms. The lowest BCUT2D eigenvalue weighted by Gasteiger charge is -2.06. The molecule has 9 heteroatoms. The van der Waals surface area contributed by atoms with Crippen molar-refractivity contribution in [2.24, 2.45) is 5.16 Å². The van der Waals surface area contributed by atoms with E-state index < -0.39 is 0 Å². The Labute approximate surface area is 184 Å². The molecular formula is C23H21N7O2. The molecule has 0 fully saturated rings. The second-order valence-electron chi connectivity index (χ2n) is 7.28. The number of rotatable bonds is 6. The van der Waals surface area contributed by atoms with Crippen molar-refractivity contribution in [2.75, 3.05) is 7.11 Å². The third-order valence-electron chi connectivity index (χ3n) is 5.37. The van der Waals surface area contributed by atoms with Crippen molar-refractivity contribution in [1.82, 2.24) is 29.1 Å². The molecule has 5 aromatic rings. The average molecular weight is 427 g/mol. The molecule has 0 N–H and O–H groups in total. The number of benzene rings is 1. The van der Waals surface area contributed by atoms with Gasteiger partial charge in [-0.3, -0.25) is 9.55 Å². The molecule has 0 aliphatic heterocycles. The van der Waals surface area contributed by atoms with Crippen LogP contribution in [0.4, 0.5) is 0 Å². The molecule has 9 nitrogen and oxygen atoms in total. The molecule has 0 radical (unpaired) electrons. The molecule has 1 aromatic carbocycles. The summed E-state index contributed by atoms with van der Waals surface area (Å²) < 4.78 is 8.91. The lowest BCUT2D eigenvalue weighted by Crippen LogP contribution is -1.99. The minimum atomic E-state index is 0.150. The molecule has 4 heterocycles. The van der Waals surface area contributed by atoms with Gasteiger partial charge in [-0.05, 0) is 61.4 Å². The van der Waals surface area contributed by atoms with Crippen LogP contribution in [0.15, 0.2) is 60.3 Å². The Morgan fingerprint density at radius 3 is 2.69 bits per heavy atom. The van der Waals surface area contributed by atoms with Crippen molar-refractivity contribution in [2.45, 2.75) is 20.5 Å². The standard InChI is InChI=1S/C23H21N7O2/c1-15-16(2)30(18-5-4-10-24-12-18)22-21(15)23-27-20(28-29(23)14-25-22)13-32-26-11-17-6-8-19(31-3)9-7-17/h4-12,14H,13H2,1-3H3. The molecule has 0 aliphatic carbocycles. The number of aromatic nitrogens is 6. The number of nitrogens with zero attached hydrogens (tertiary/aromatic N) is 7. The predicted octanol–water partition coefficient (Wildman–Crippen LogP) is 3.64. The summed E-state index contributed by atoms with van der Waals surface area (Å²) in [6, 6.07) is 11.4. The summed E-state index contributed by atoms with van der Waals surface area (Å²) in [4.78, 5) is 19.0. The van der Waals surface area contributed by atoms with E-state index in [-0.39, 0.29) is 6.61 Å². The zero-order valence-electron chi connectivity index (χ0n) is 17.9. The fraction of sp³-hybridized carbons (Fsp3) is 0.174. The normalized spacial score (nSPS) is 11.6. The fourth-order valence-corrected chi connectivity index (χ4v) is 3.65. The number of ether oxygens (including phenoxy) is 1. The zero-order chi connectivity index (χ0) is 22.1. The lowest BCUT2D eigenvalue weighted by atomic mass is 10.2. The highest BCUT2D eigenvalue weighted by Gasteiger charge is 2.19. The van der Waals surface area contributed by atoms with Gasteiger partial charge in [-0.25, -0.2) is 14.5 Å². The molecule has 0 saturated heterocycles. The fourth-order valence-electron chi connectivity index (χ4n) is 3.65. The van der Waals surface area contributed by atoms with Crippen molar-refractivity contribution < 1.29 is 9.57 Å². The topological polar surface area (TPSA) is 91.7 Å². The van der Waals surface area contributed by atoms with Crippen molar-refractivity contribution in [3.63, 3.8) is 0 Å². The summed E-state index contributed by atoms with van der Waals surface area (Å²) in [5, 5.41) is 9.46. The first kappa shape index (κ1) is 19.7. The maximum absolute atomic E-state index is 5.42. The van der Waals surface area contributed by atoms with Gasteiger partial charge in [0.25, 0.3) is 0 Å². The van der Waals surface area contributed by atoms with Gasteiger partial charge in [0, 0.05) is 11.9 Å². The van der Waals surface area contributed by atoms with E-state index in [0.29, 0.717) is 5.82 Å². The minimum Gasteiger partial charge on any atom is -0.497 e. The number of hydrogen-bond acceptors (Lipinski definition) is 7. The SMILES string of the molecule is COc1ccc(C=NOCc2nc3c4c(C)c(C)n(-c5cccnc5)c4ncn3n2)cc1. The summed E-state index contributed by atoms with van der Waals surface area (Å²) in [7, 11) is 1.63. The van der Waals surface area contributed by atoms with Crippen molar-refractivity contribution in [3.05, 3.63) is 77.8 Å². The molecule has 0 aliphatic rings. The lowest BCUT2D eigenvalue weighted by molar-refractivity contribution is 0.126. The number of pyridine rings is 1. The third kappa shape index (κ3) is 3.43. The molecule has 0 atom stereocenters. The number of oxime groups is 1. The molecule has 4 aromatic heterocycles. The highest BCUT2D eigenvalue weighted by Crippen LogP contribution is 2.29. The van der Waals surface area contributed by atoms with Gasteiger partial charge >= 0.3 is 0 Å². The van der Waals surface area contributed by atoms with Crippen LogP contribution in [0.5, 0.6) is 5.75 Å². The monoisotopic (exact) mass is 427 g/mol. The Hall–Kier alpha value is -4.27. The van der Waals surface area contributed by atoms with Crippen LogP contribution in [-0.2, 0) is 11.4 Å².